The van der Waals surface area contributed by atoms with E-state index in [4.69, 9.17) is 5.11 Å². The fourth-order valence-electron chi connectivity index (χ4n) is 4.01. The summed E-state index contributed by atoms with van der Waals surface area (Å²) in [4.78, 5) is 0. The van der Waals surface area contributed by atoms with E-state index in [1.54, 1.807) is 6.92 Å². The van der Waals surface area contributed by atoms with Crippen LogP contribution in [-0.2, 0) is 0 Å². The molecule has 0 saturated heterocycles. The van der Waals surface area contributed by atoms with Gasteiger partial charge in [0, 0.05) is 0 Å². The lowest BCUT2D eigenvalue weighted by molar-refractivity contribution is -0.275. The molecule has 0 amide bonds. The predicted molar refractivity (Wildman–Crippen MR) is 55.2 cm³/mol. The molecule has 0 aromatic rings. The maximum Gasteiger partial charge on any atom is 0.414 e. The molecule has 1 nitrogen and oxygen atoms in total. The fourth-order valence-corrected chi connectivity index (χ4v) is 4.01. The van der Waals surface area contributed by atoms with Gasteiger partial charge in [-0.3, -0.25) is 0 Å². The average Bonchev–Trinajstić information content (AvgIpc) is 2.68. The Morgan fingerprint density at radius 1 is 1.21 bits per heavy atom. The van der Waals surface area contributed by atoms with Gasteiger partial charge < -0.3 is 5.11 Å². The molecule has 2 rings (SSSR count). The first-order chi connectivity index (χ1) is 8.40. The summed E-state index contributed by atoms with van der Waals surface area (Å²) in [6.45, 7) is 1.69. The van der Waals surface area contributed by atoms with Crippen LogP contribution in [0.25, 0.3) is 0 Å². The van der Waals surface area contributed by atoms with Gasteiger partial charge in [-0.1, -0.05) is 6.92 Å². The van der Waals surface area contributed by atoms with E-state index in [1.165, 1.54) is 0 Å². The Morgan fingerprint density at radius 3 is 2.11 bits per heavy atom. The summed E-state index contributed by atoms with van der Waals surface area (Å²) in [5, 5.41) is 9.06. The normalized spacial score (nSPS) is 40.7. The van der Waals surface area contributed by atoms with Crippen LogP contribution in [0.15, 0.2) is 0 Å². The highest BCUT2D eigenvalue weighted by Gasteiger charge is 2.69. The Labute approximate surface area is 107 Å². The summed E-state index contributed by atoms with van der Waals surface area (Å²) < 4.78 is 77.1. The first kappa shape index (κ1) is 14.9. The highest BCUT2D eigenvalue weighted by Crippen LogP contribution is 2.69. The Kier molecular flexibility index (Phi) is 3.16. The highest BCUT2D eigenvalue weighted by atomic mass is 19.4. The van der Waals surface area contributed by atoms with Crippen LogP contribution < -0.4 is 0 Å². The van der Waals surface area contributed by atoms with Crippen LogP contribution in [0.3, 0.4) is 0 Å². The molecule has 0 aliphatic heterocycles. The SMILES string of the molecule is CC12CCC(C1)C(CC(O)C(F)(F)F)(C(F)(F)F)C2. The molecule has 2 aliphatic rings. The Morgan fingerprint density at radius 2 is 1.79 bits per heavy atom. The number of hydrogen-bond acceptors (Lipinski definition) is 1. The van der Waals surface area contributed by atoms with Crippen LogP contribution in [0.5, 0.6) is 0 Å². The second kappa shape index (κ2) is 4.02. The summed E-state index contributed by atoms with van der Waals surface area (Å²) >= 11 is 0. The number of aliphatic hydroxyl groups excluding tert-OH is 1. The van der Waals surface area contributed by atoms with Crippen LogP contribution in [0.4, 0.5) is 26.3 Å². The lowest BCUT2D eigenvalue weighted by atomic mass is 9.66. The van der Waals surface area contributed by atoms with E-state index < -0.39 is 41.6 Å². The van der Waals surface area contributed by atoms with Crippen molar-refractivity contribution in [3.8, 4) is 0 Å². The van der Waals surface area contributed by atoms with Crippen molar-refractivity contribution >= 4 is 0 Å². The van der Waals surface area contributed by atoms with Gasteiger partial charge in [0.1, 0.15) is 0 Å². The monoisotopic (exact) mass is 290 g/mol. The molecule has 2 aliphatic carbocycles. The molecule has 2 saturated carbocycles. The van der Waals surface area contributed by atoms with Crippen molar-refractivity contribution in [1.82, 2.24) is 0 Å². The molecule has 19 heavy (non-hydrogen) atoms. The van der Waals surface area contributed by atoms with E-state index in [9.17, 15) is 26.3 Å². The molecule has 4 unspecified atom stereocenters. The lowest BCUT2D eigenvalue weighted by Gasteiger charge is -2.42. The Hall–Kier alpha value is -0.460. The molecule has 4 atom stereocenters. The molecular formula is C12H16F6O. The molecule has 2 fully saturated rings. The fraction of sp³-hybridized carbons (Fsp3) is 1.00. The summed E-state index contributed by atoms with van der Waals surface area (Å²) in [6.07, 6.45) is -13.0. The topological polar surface area (TPSA) is 20.2 Å². The van der Waals surface area contributed by atoms with Gasteiger partial charge >= 0.3 is 12.4 Å². The maximum atomic E-state index is 13.3. The zero-order valence-corrected chi connectivity index (χ0v) is 10.4. The molecule has 0 spiro atoms. The standard InChI is InChI=1S/C12H16F6O/c1-9-3-2-7(4-9)10(6-9,12(16,17)18)5-8(19)11(13,14)15/h7-8,19H,2-6H2,1H3. The quantitative estimate of drug-likeness (QED) is 0.760. The van der Waals surface area contributed by atoms with Crippen LogP contribution in [-0.4, -0.2) is 23.6 Å². The van der Waals surface area contributed by atoms with Crippen molar-refractivity contribution in [2.75, 3.05) is 0 Å². The zero-order chi connectivity index (χ0) is 14.7. The zero-order valence-electron chi connectivity index (χ0n) is 10.4. The first-order valence-corrected chi connectivity index (χ1v) is 6.21. The highest BCUT2D eigenvalue weighted by molar-refractivity contribution is 5.10. The summed E-state index contributed by atoms with van der Waals surface area (Å²) in [5.41, 5.74) is -2.92. The minimum absolute atomic E-state index is 0.292. The molecule has 0 aromatic carbocycles. The summed E-state index contributed by atoms with van der Waals surface area (Å²) in [7, 11) is 0. The molecule has 112 valence electrons. The second-order valence-electron chi connectivity index (χ2n) is 6.34. The molecule has 0 radical (unpaired) electrons. The van der Waals surface area contributed by atoms with Gasteiger partial charge in [-0.05, 0) is 43.4 Å². The number of hydrogen-bond donors (Lipinski definition) is 1. The Bertz CT molecular complexity index is 362. The molecule has 0 aromatic heterocycles. The van der Waals surface area contributed by atoms with Gasteiger partial charge in [0.15, 0.2) is 6.10 Å². The van der Waals surface area contributed by atoms with Crippen LogP contribution in [0, 0.1) is 16.7 Å². The number of fused-ring (bicyclic) bond motifs is 2. The van der Waals surface area contributed by atoms with Crippen LogP contribution in [0.2, 0.25) is 0 Å². The largest absolute Gasteiger partial charge is 0.414 e. The van der Waals surface area contributed by atoms with E-state index >= 15 is 0 Å². The summed E-state index contributed by atoms with van der Waals surface area (Å²) in [5.74, 6) is -0.797. The molecule has 0 heterocycles. The van der Waals surface area contributed by atoms with Gasteiger partial charge in [-0.15, -0.1) is 0 Å². The van der Waals surface area contributed by atoms with E-state index in [0.717, 1.165) is 0 Å². The first-order valence-electron chi connectivity index (χ1n) is 6.21. The van der Waals surface area contributed by atoms with Gasteiger partial charge in [0.05, 0.1) is 5.41 Å². The number of rotatable bonds is 2. The van der Waals surface area contributed by atoms with E-state index in [1.807, 2.05) is 0 Å². The van der Waals surface area contributed by atoms with Crippen molar-refractivity contribution in [2.45, 2.75) is 57.5 Å². The van der Waals surface area contributed by atoms with Gasteiger partial charge in [-0.25, -0.2) is 0 Å². The van der Waals surface area contributed by atoms with Crippen molar-refractivity contribution in [2.24, 2.45) is 16.7 Å². The van der Waals surface area contributed by atoms with Crippen molar-refractivity contribution < 1.29 is 31.4 Å². The van der Waals surface area contributed by atoms with Gasteiger partial charge in [-0.2, -0.15) is 26.3 Å². The third-order valence-electron chi connectivity index (χ3n) is 4.86. The van der Waals surface area contributed by atoms with Crippen LogP contribution >= 0.6 is 0 Å². The predicted octanol–water partition coefficient (Wildman–Crippen LogP) is 4.06. The number of halogens is 6. The average molecular weight is 290 g/mol. The van der Waals surface area contributed by atoms with E-state index in [0.29, 0.717) is 19.3 Å². The third kappa shape index (κ3) is 2.34. The smallest absolute Gasteiger partial charge is 0.384 e. The maximum absolute atomic E-state index is 13.3. The number of aliphatic hydroxyl groups is 1. The van der Waals surface area contributed by atoms with Crippen molar-refractivity contribution in [3.63, 3.8) is 0 Å². The lowest BCUT2D eigenvalue weighted by Crippen LogP contribution is -2.48. The molecule has 2 bridgehead atoms. The Balaban J connectivity index is 2.29. The minimum Gasteiger partial charge on any atom is -0.384 e. The van der Waals surface area contributed by atoms with Crippen LogP contribution in [0.1, 0.15) is 39.0 Å². The van der Waals surface area contributed by atoms with E-state index in [2.05, 4.69) is 0 Å². The molecular weight excluding hydrogens is 274 g/mol. The third-order valence-corrected chi connectivity index (χ3v) is 4.86. The van der Waals surface area contributed by atoms with E-state index in [-0.39, 0.29) is 6.42 Å². The molecule has 1 N–H and O–H groups in total. The molecule has 7 heteroatoms. The van der Waals surface area contributed by atoms with Crippen molar-refractivity contribution in [3.05, 3.63) is 0 Å². The minimum atomic E-state index is -5.00. The van der Waals surface area contributed by atoms with Gasteiger partial charge in [0.25, 0.3) is 0 Å². The number of alkyl halides is 6. The summed E-state index contributed by atoms with van der Waals surface area (Å²) in [6, 6.07) is 0. The van der Waals surface area contributed by atoms with Crippen molar-refractivity contribution in [1.29, 1.82) is 0 Å². The van der Waals surface area contributed by atoms with Gasteiger partial charge in [0.2, 0.25) is 0 Å². The second-order valence-corrected chi connectivity index (χ2v) is 6.34.